The van der Waals surface area contributed by atoms with Crippen LogP contribution in [0.5, 0.6) is 0 Å². The van der Waals surface area contributed by atoms with Crippen molar-refractivity contribution in [3.63, 3.8) is 0 Å². The first-order valence-electron chi connectivity index (χ1n) is 5.86. The van der Waals surface area contributed by atoms with Crippen molar-refractivity contribution in [2.24, 2.45) is 0 Å². The number of aryl methyl sites for hydroxylation is 1. The normalized spacial score (nSPS) is 13.6. The molecular weight excluding hydrogens is 255 g/mol. The molecule has 0 heterocycles. The second-order valence-corrected chi connectivity index (χ2v) is 5.98. The topological polar surface area (TPSA) is 58.2 Å². The molecule has 6 heteroatoms. The van der Waals surface area contributed by atoms with E-state index in [4.69, 9.17) is 0 Å². The van der Waals surface area contributed by atoms with Gasteiger partial charge in [-0.15, -0.1) is 0 Å². The number of hydrogen-bond acceptors (Lipinski definition) is 3. The van der Waals surface area contributed by atoms with Gasteiger partial charge in [0.2, 0.25) is 10.0 Å². The molecule has 0 fully saturated rings. The Hall–Kier alpha value is -0.980. The summed E-state index contributed by atoms with van der Waals surface area (Å²) < 4.78 is 39.8. The van der Waals surface area contributed by atoms with Crippen LogP contribution in [0.15, 0.2) is 23.1 Å². The molecule has 1 aromatic carbocycles. The molecule has 1 aromatic rings. The molecule has 0 aliphatic heterocycles. The molecule has 1 rings (SSSR count). The zero-order valence-electron chi connectivity index (χ0n) is 10.8. The number of likely N-dealkylation sites (N-methyl/N-ethyl adjacent to an activating group) is 1. The van der Waals surface area contributed by atoms with E-state index in [2.05, 4.69) is 10.0 Å². The van der Waals surface area contributed by atoms with Crippen molar-refractivity contribution in [3.8, 4) is 0 Å². The fourth-order valence-electron chi connectivity index (χ4n) is 1.55. The fourth-order valence-corrected chi connectivity index (χ4v) is 2.84. The maximum absolute atomic E-state index is 13.5. The highest BCUT2D eigenvalue weighted by atomic mass is 32.2. The van der Waals surface area contributed by atoms with Crippen molar-refractivity contribution in [2.45, 2.75) is 31.7 Å². The second-order valence-electron chi connectivity index (χ2n) is 4.24. The average Bonchev–Trinajstić information content (AvgIpc) is 2.30. The molecule has 0 spiro atoms. The fraction of sp³-hybridized carbons (Fsp3) is 0.500. The van der Waals surface area contributed by atoms with E-state index in [0.717, 1.165) is 12.6 Å². The van der Waals surface area contributed by atoms with E-state index >= 15 is 0 Å². The molecule has 0 saturated carbocycles. The van der Waals surface area contributed by atoms with Gasteiger partial charge in [-0.1, -0.05) is 13.0 Å². The molecule has 0 bridgehead atoms. The zero-order chi connectivity index (χ0) is 13.8. The van der Waals surface area contributed by atoms with Crippen LogP contribution in [0.3, 0.4) is 0 Å². The molecule has 102 valence electrons. The molecule has 0 aliphatic carbocycles. The Kier molecular flexibility index (Phi) is 5.25. The van der Waals surface area contributed by atoms with Gasteiger partial charge in [0, 0.05) is 12.6 Å². The first-order valence-corrected chi connectivity index (χ1v) is 7.34. The minimum atomic E-state index is -3.79. The molecule has 2 N–H and O–H groups in total. The lowest BCUT2D eigenvalue weighted by Crippen LogP contribution is -2.39. The lowest BCUT2D eigenvalue weighted by Gasteiger charge is -2.14. The molecule has 18 heavy (non-hydrogen) atoms. The van der Waals surface area contributed by atoms with Crippen LogP contribution in [0.2, 0.25) is 0 Å². The van der Waals surface area contributed by atoms with Gasteiger partial charge in [-0.3, -0.25) is 0 Å². The van der Waals surface area contributed by atoms with Crippen LogP contribution in [0.4, 0.5) is 4.39 Å². The molecule has 0 unspecified atom stereocenters. The molecule has 1 atom stereocenters. The van der Waals surface area contributed by atoms with E-state index in [1.54, 1.807) is 6.92 Å². The van der Waals surface area contributed by atoms with Crippen molar-refractivity contribution in [3.05, 3.63) is 29.6 Å². The van der Waals surface area contributed by atoms with Crippen molar-refractivity contribution in [2.75, 3.05) is 13.1 Å². The van der Waals surface area contributed by atoms with Crippen LogP contribution in [0.1, 0.15) is 19.4 Å². The summed E-state index contributed by atoms with van der Waals surface area (Å²) in [5.74, 6) is -0.732. The summed E-state index contributed by atoms with van der Waals surface area (Å²) >= 11 is 0. The van der Waals surface area contributed by atoms with Gasteiger partial charge >= 0.3 is 0 Å². The lowest BCUT2D eigenvalue weighted by atomic mass is 10.2. The van der Waals surface area contributed by atoms with Crippen LogP contribution >= 0.6 is 0 Å². The Morgan fingerprint density at radius 2 is 2.06 bits per heavy atom. The Bertz CT molecular complexity index is 503. The number of rotatable bonds is 6. The first kappa shape index (κ1) is 15.1. The number of nitrogens with one attached hydrogen (secondary N) is 2. The monoisotopic (exact) mass is 274 g/mol. The summed E-state index contributed by atoms with van der Waals surface area (Å²) in [7, 11) is -3.79. The minimum Gasteiger partial charge on any atom is -0.313 e. The van der Waals surface area contributed by atoms with Crippen LogP contribution in [0, 0.1) is 12.7 Å². The molecule has 0 aromatic heterocycles. The molecular formula is C12H19FN2O2S. The van der Waals surface area contributed by atoms with E-state index in [1.165, 1.54) is 12.1 Å². The number of hydrogen-bond donors (Lipinski definition) is 2. The Morgan fingerprint density at radius 1 is 1.39 bits per heavy atom. The van der Waals surface area contributed by atoms with Crippen molar-refractivity contribution in [1.29, 1.82) is 0 Å². The van der Waals surface area contributed by atoms with Crippen LogP contribution < -0.4 is 10.0 Å². The Labute approximate surface area is 108 Å². The SMILES string of the molecule is CCN[C@H](C)CNS(=O)(=O)c1cc(C)ccc1F. The predicted molar refractivity (Wildman–Crippen MR) is 69.5 cm³/mol. The lowest BCUT2D eigenvalue weighted by molar-refractivity contribution is 0.528. The summed E-state index contributed by atoms with van der Waals surface area (Å²) in [5, 5.41) is 3.07. The van der Waals surface area contributed by atoms with E-state index in [9.17, 15) is 12.8 Å². The Balaban J connectivity index is 2.83. The molecule has 0 amide bonds. The standard InChI is InChI=1S/C12H19FN2O2S/c1-4-14-10(3)8-15-18(16,17)12-7-9(2)5-6-11(12)13/h5-7,10,14-15H,4,8H2,1-3H3/t10-/m1/s1. The van der Waals surface area contributed by atoms with Crippen LogP contribution in [-0.4, -0.2) is 27.5 Å². The van der Waals surface area contributed by atoms with Gasteiger partial charge in [0.15, 0.2) is 0 Å². The quantitative estimate of drug-likeness (QED) is 0.824. The van der Waals surface area contributed by atoms with E-state index in [1.807, 2.05) is 13.8 Å². The largest absolute Gasteiger partial charge is 0.313 e. The maximum atomic E-state index is 13.5. The van der Waals surface area contributed by atoms with Gasteiger partial charge in [-0.05, 0) is 38.1 Å². The summed E-state index contributed by atoms with van der Waals surface area (Å²) in [4.78, 5) is -0.300. The minimum absolute atomic E-state index is 0.00218. The molecule has 4 nitrogen and oxygen atoms in total. The number of benzene rings is 1. The van der Waals surface area contributed by atoms with Gasteiger partial charge in [-0.25, -0.2) is 17.5 Å². The second kappa shape index (κ2) is 6.26. The predicted octanol–water partition coefficient (Wildman–Crippen LogP) is 1.41. The summed E-state index contributed by atoms with van der Waals surface area (Å²) in [6.07, 6.45) is 0. The smallest absolute Gasteiger partial charge is 0.243 e. The van der Waals surface area contributed by atoms with Gasteiger partial charge < -0.3 is 5.32 Å². The third-order valence-electron chi connectivity index (χ3n) is 2.51. The van der Waals surface area contributed by atoms with Crippen molar-refractivity contribution < 1.29 is 12.8 Å². The average molecular weight is 274 g/mol. The summed E-state index contributed by atoms with van der Waals surface area (Å²) in [5.41, 5.74) is 0.705. The van der Waals surface area contributed by atoms with E-state index in [-0.39, 0.29) is 17.5 Å². The number of halogens is 1. The third kappa shape index (κ3) is 4.04. The van der Waals surface area contributed by atoms with Crippen LogP contribution in [-0.2, 0) is 10.0 Å². The molecule has 0 radical (unpaired) electrons. The highest BCUT2D eigenvalue weighted by molar-refractivity contribution is 7.89. The van der Waals surface area contributed by atoms with Crippen molar-refractivity contribution in [1.82, 2.24) is 10.0 Å². The summed E-state index contributed by atoms with van der Waals surface area (Å²) in [6, 6.07) is 4.03. The first-order chi connectivity index (χ1) is 8.36. The van der Waals surface area contributed by atoms with Gasteiger partial charge in [-0.2, -0.15) is 0 Å². The van der Waals surface area contributed by atoms with Crippen molar-refractivity contribution >= 4 is 10.0 Å². The van der Waals surface area contributed by atoms with Crippen LogP contribution in [0.25, 0.3) is 0 Å². The van der Waals surface area contributed by atoms with Gasteiger partial charge in [0.05, 0.1) is 0 Å². The van der Waals surface area contributed by atoms with Gasteiger partial charge in [0.25, 0.3) is 0 Å². The highest BCUT2D eigenvalue weighted by Crippen LogP contribution is 2.15. The maximum Gasteiger partial charge on any atom is 0.243 e. The Morgan fingerprint density at radius 3 is 2.67 bits per heavy atom. The zero-order valence-corrected chi connectivity index (χ0v) is 11.6. The van der Waals surface area contributed by atoms with Gasteiger partial charge in [0.1, 0.15) is 10.7 Å². The molecule has 0 aliphatic rings. The summed E-state index contributed by atoms with van der Waals surface area (Å²) in [6.45, 7) is 6.49. The van der Waals surface area contributed by atoms with E-state index < -0.39 is 15.8 Å². The molecule has 0 saturated heterocycles. The van der Waals surface area contributed by atoms with E-state index in [0.29, 0.717) is 5.56 Å². The third-order valence-corrected chi connectivity index (χ3v) is 3.95. The number of sulfonamides is 1. The highest BCUT2D eigenvalue weighted by Gasteiger charge is 2.19.